The van der Waals surface area contributed by atoms with Crippen LogP contribution in [0.3, 0.4) is 0 Å². The van der Waals surface area contributed by atoms with Gasteiger partial charge < -0.3 is 9.84 Å². The van der Waals surface area contributed by atoms with Gasteiger partial charge >= 0.3 is 0 Å². The summed E-state index contributed by atoms with van der Waals surface area (Å²) < 4.78 is 5.28. The van der Waals surface area contributed by atoms with Crippen LogP contribution in [0.15, 0.2) is 36.7 Å². The van der Waals surface area contributed by atoms with E-state index in [4.69, 9.17) is 9.84 Å². The quantitative estimate of drug-likeness (QED) is 0.818. The van der Waals surface area contributed by atoms with Crippen molar-refractivity contribution in [3.05, 3.63) is 53.6 Å². The van der Waals surface area contributed by atoms with Crippen molar-refractivity contribution in [3.63, 3.8) is 0 Å². The minimum atomic E-state index is -0.515. The molecule has 0 radical (unpaired) electrons. The Labute approximate surface area is 148 Å². The minimum Gasteiger partial charge on any atom is -0.497 e. The van der Waals surface area contributed by atoms with Crippen LogP contribution in [0.25, 0.3) is 0 Å². The van der Waals surface area contributed by atoms with E-state index in [-0.39, 0.29) is 11.2 Å². The maximum Gasteiger partial charge on any atom is 0.191 e. The molecule has 0 aliphatic heterocycles. The lowest BCUT2D eigenvalue weighted by molar-refractivity contribution is 0.0903. The van der Waals surface area contributed by atoms with Crippen molar-refractivity contribution >= 4 is 5.78 Å². The zero-order valence-electron chi connectivity index (χ0n) is 14.6. The van der Waals surface area contributed by atoms with Gasteiger partial charge in [-0.05, 0) is 30.5 Å². The van der Waals surface area contributed by atoms with Crippen LogP contribution in [0.2, 0.25) is 0 Å². The number of nitrogens with zero attached hydrogens (tertiary/aromatic N) is 2. The lowest BCUT2D eigenvalue weighted by Crippen LogP contribution is -2.32. The molecule has 0 saturated heterocycles. The lowest BCUT2D eigenvalue weighted by Gasteiger charge is -2.37. The summed E-state index contributed by atoms with van der Waals surface area (Å²) in [5.74, 6) is 1.25. The molecular weight excluding hydrogens is 316 g/mol. The summed E-state index contributed by atoms with van der Waals surface area (Å²) in [6.07, 6.45) is 9.69. The highest BCUT2D eigenvalue weighted by atomic mass is 16.5. The summed E-state index contributed by atoms with van der Waals surface area (Å²) in [6, 6.07) is 8.31. The number of Topliss-reactive ketones (excluding diaryl/α,β-unsaturated/α-hetero) is 1. The third-order valence-electron chi connectivity index (χ3n) is 5.18. The summed E-state index contributed by atoms with van der Waals surface area (Å²) in [5, 5.41) is 8.94. The summed E-state index contributed by atoms with van der Waals surface area (Å²) in [4.78, 5) is 20.3. The number of aliphatic hydroxyl groups excluding tert-OH is 1. The third-order valence-corrected chi connectivity index (χ3v) is 5.18. The number of aliphatic hydroxyl groups is 1. The first-order chi connectivity index (χ1) is 12.2. The molecule has 1 fully saturated rings. The number of carbonyl (C=O) groups excluding carboxylic acids is 1. The lowest BCUT2D eigenvalue weighted by atomic mass is 9.67. The molecule has 1 saturated carbocycles. The van der Waals surface area contributed by atoms with Crippen LogP contribution in [0, 0.1) is 0 Å². The number of carbonyl (C=O) groups is 1. The molecule has 0 spiro atoms. The molecule has 1 aromatic carbocycles. The Morgan fingerprint density at radius 2 is 1.76 bits per heavy atom. The molecule has 132 valence electrons. The molecule has 1 aliphatic carbocycles. The van der Waals surface area contributed by atoms with Gasteiger partial charge in [0.25, 0.3) is 0 Å². The van der Waals surface area contributed by atoms with Gasteiger partial charge in [0.2, 0.25) is 0 Å². The number of ether oxygens (including phenoxy) is 1. The largest absolute Gasteiger partial charge is 0.497 e. The molecule has 1 heterocycles. The summed E-state index contributed by atoms with van der Waals surface area (Å²) >= 11 is 0. The van der Waals surface area contributed by atoms with Crippen LogP contribution in [0.5, 0.6) is 5.75 Å². The Morgan fingerprint density at radius 1 is 1.12 bits per heavy atom. The van der Waals surface area contributed by atoms with Gasteiger partial charge in [0.15, 0.2) is 5.78 Å². The molecule has 1 N–H and O–H groups in total. The first-order valence-corrected chi connectivity index (χ1v) is 8.76. The molecule has 1 aromatic heterocycles. The summed E-state index contributed by atoms with van der Waals surface area (Å²) in [7, 11) is 1.68. The Bertz CT molecular complexity index is 705. The molecule has 0 bridgehead atoms. The molecule has 0 unspecified atom stereocenters. The Morgan fingerprint density at radius 3 is 2.32 bits per heavy atom. The van der Waals surface area contributed by atoms with Gasteiger partial charge in [0.05, 0.1) is 12.7 Å². The topological polar surface area (TPSA) is 72.3 Å². The maximum atomic E-state index is 11.5. The molecule has 25 heavy (non-hydrogen) atoms. The second-order valence-corrected chi connectivity index (χ2v) is 6.72. The van der Waals surface area contributed by atoms with Crippen LogP contribution in [-0.2, 0) is 11.8 Å². The van der Waals surface area contributed by atoms with Crippen molar-refractivity contribution in [2.24, 2.45) is 0 Å². The average Bonchev–Trinajstić information content (AvgIpc) is 2.69. The van der Waals surface area contributed by atoms with Gasteiger partial charge in [-0.1, -0.05) is 31.4 Å². The first-order valence-electron chi connectivity index (χ1n) is 8.76. The highest BCUT2D eigenvalue weighted by molar-refractivity contribution is 5.96. The van der Waals surface area contributed by atoms with Gasteiger partial charge in [-0.2, -0.15) is 0 Å². The average molecular weight is 340 g/mol. The van der Waals surface area contributed by atoms with E-state index >= 15 is 0 Å². The second kappa shape index (κ2) is 7.74. The molecule has 2 aromatic rings. The third kappa shape index (κ3) is 3.87. The number of ketones is 1. The van der Waals surface area contributed by atoms with E-state index in [1.165, 1.54) is 37.2 Å². The highest BCUT2D eigenvalue weighted by Crippen LogP contribution is 2.42. The SMILES string of the molecule is COc1ccc(C2(Cc3ncc(C(=O)CO)cn3)CCCCC2)cc1. The van der Waals surface area contributed by atoms with E-state index < -0.39 is 6.61 Å². The number of aromatic nitrogens is 2. The van der Waals surface area contributed by atoms with Crippen molar-refractivity contribution in [1.29, 1.82) is 0 Å². The van der Waals surface area contributed by atoms with Gasteiger partial charge in [0.1, 0.15) is 18.2 Å². The van der Waals surface area contributed by atoms with Crippen molar-refractivity contribution in [3.8, 4) is 5.75 Å². The molecule has 5 nitrogen and oxygen atoms in total. The van der Waals surface area contributed by atoms with Gasteiger partial charge in [-0.25, -0.2) is 9.97 Å². The van der Waals surface area contributed by atoms with Gasteiger partial charge in [-0.3, -0.25) is 4.79 Å². The van der Waals surface area contributed by atoms with Gasteiger partial charge in [-0.15, -0.1) is 0 Å². The van der Waals surface area contributed by atoms with E-state index in [9.17, 15) is 4.79 Å². The Hall–Kier alpha value is -2.27. The van der Waals surface area contributed by atoms with E-state index in [0.29, 0.717) is 5.56 Å². The fourth-order valence-electron chi connectivity index (χ4n) is 3.72. The fourth-order valence-corrected chi connectivity index (χ4v) is 3.72. The normalized spacial score (nSPS) is 16.4. The monoisotopic (exact) mass is 340 g/mol. The number of methoxy groups -OCH3 is 1. The van der Waals surface area contributed by atoms with E-state index in [1.807, 2.05) is 12.1 Å². The first kappa shape index (κ1) is 17.5. The molecular formula is C20H24N2O3. The Kier molecular flexibility index (Phi) is 5.43. The van der Waals surface area contributed by atoms with Crippen LogP contribution in [-0.4, -0.2) is 34.6 Å². The summed E-state index contributed by atoms with van der Waals surface area (Å²) in [5.41, 5.74) is 1.69. The molecule has 1 aliphatic rings. The van der Waals surface area contributed by atoms with E-state index in [1.54, 1.807) is 7.11 Å². The van der Waals surface area contributed by atoms with Crippen LogP contribution in [0.4, 0.5) is 0 Å². The van der Waals surface area contributed by atoms with E-state index in [2.05, 4.69) is 22.1 Å². The number of hydrogen-bond donors (Lipinski definition) is 1. The van der Waals surface area contributed by atoms with Crippen LogP contribution in [0.1, 0.15) is 53.8 Å². The summed E-state index contributed by atoms with van der Waals surface area (Å²) in [6.45, 7) is -0.515. The van der Waals surface area contributed by atoms with Crippen LogP contribution >= 0.6 is 0 Å². The van der Waals surface area contributed by atoms with E-state index in [0.717, 1.165) is 30.8 Å². The van der Waals surface area contributed by atoms with Crippen molar-refractivity contribution in [2.45, 2.75) is 43.9 Å². The Balaban J connectivity index is 1.86. The minimum absolute atomic E-state index is 0.0347. The van der Waals surface area contributed by atoms with Gasteiger partial charge in [0, 0.05) is 24.2 Å². The maximum absolute atomic E-state index is 11.5. The zero-order valence-corrected chi connectivity index (χ0v) is 14.6. The highest BCUT2D eigenvalue weighted by Gasteiger charge is 2.35. The second-order valence-electron chi connectivity index (χ2n) is 6.72. The van der Waals surface area contributed by atoms with Crippen LogP contribution < -0.4 is 4.74 Å². The van der Waals surface area contributed by atoms with Crippen molar-refractivity contribution in [2.75, 3.05) is 13.7 Å². The molecule has 3 rings (SSSR count). The smallest absolute Gasteiger partial charge is 0.191 e. The molecule has 5 heteroatoms. The zero-order chi connectivity index (χ0) is 17.7. The molecule has 0 amide bonds. The standard InChI is InChI=1S/C20H24N2O3/c1-25-17-7-5-16(6-8-17)20(9-3-2-4-10-20)11-19-21-12-15(13-22-19)18(24)14-23/h5-8,12-13,23H,2-4,9-11,14H2,1H3. The van der Waals surface area contributed by atoms with Crippen molar-refractivity contribution < 1.29 is 14.6 Å². The predicted octanol–water partition coefficient (Wildman–Crippen LogP) is 3.10. The fraction of sp³-hybridized carbons (Fsp3) is 0.450. The number of hydrogen-bond acceptors (Lipinski definition) is 5. The predicted molar refractivity (Wildman–Crippen MR) is 94.9 cm³/mol. The number of rotatable bonds is 6. The van der Waals surface area contributed by atoms with Crippen molar-refractivity contribution in [1.82, 2.24) is 9.97 Å². The molecule has 0 atom stereocenters. The number of benzene rings is 1.